The fourth-order valence-corrected chi connectivity index (χ4v) is 3.93. The van der Waals surface area contributed by atoms with E-state index in [9.17, 15) is 172 Å². The van der Waals surface area contributed by atoms with Crippen LogP contribution in [0.3, 0.4) is 0 Å². The van der Waals surface area contributed by atoms with Gasteiger partial charge in [0.1, 0.15) is 0 Å². The average Bonchev–Trinajstić information content (AvgIpc) is 3.10. The van der Waals surface area contributed by atoms with Crippen molar-refractivity contribution in [1.29, 1.82) is 0 Å². The highest BCUT2D eigenvalue weighted by Crippen LogP contribution is 2.67. The second kappa shape index (κ2) is 17.1. The van der Waals surface area contributed by atoms with Gasteiger partial charge >= 0.3 is 113 Å². The van der Waals surface area contributed by atoms with Gasteiger partial charge in [-0.1, -0.05) is 6.58 Å². The standard InChI is InChI=1S/C26H12F38O3/c1-7(8(65)67-5-3-10(29,30)12(33,34)14(37,38)16(41,42)19(47,48)21(51,52)23(55,56)25(59,60)61)6-66-4-2-9(27,28)11(31,32)13(35,36)15(39,40)17(43,44)18(45,46)20(49,50)22(53,54)24(57,58)26(62,63)64/h1-6H2. The zero-order valence-electron chi connectivity index (χ0n) is 29.8. The summed E-state index contributed by atoms with van der Waals surface area (Å²) in [6.07, 6.45) is -23.2. The molecule has 3 nitrogen and oxygen atoms in total. The number of esters is 1. The number of carbonyl (C=O) groups excluding carboxylic acids is 1. The molecule has 0 unspecified atom stereocenters. The van der Waals surface area contributed by atoms with Crippen molar-refractivity contribution in [3.05, 3.63) is 12.2 Å². The van der Waals surface area contributed by atoms with Crippen LogP contribution in [0, 0.1) is 0 Å². The molecule has 0 spiro atoms. The molecule has 0 rings (SSSR count). The van der Waals surface area contributed by atoms with E-state index in [0.717, 1.165) is 0 Å². The molecule has 0 aliphatic carbocycles. The minimum atomic E-state index is -9.50. The van der Waals surface area contributed by atoms with E-state index in [4.69, 9.17) is 0 Å². The average molecular weight is 1090 g/mol. The van der Waals surface area contributed by atoms with Gasteiger partial charge in [-0.3, -0.25) is 0 Å². The third-order valence-corrected chi connectivity index (χ3v) is 8.14. The zero-order valence-corrected chi connectivity index (χ0v) is 29.8. The van der Waals surface area contributed by atoms with Gasteiger partial charge in [-0.25, -0.2) is 4.79 Å². The molecular formula is C26H12F38O3. The minimum Gasteiger partial charge on any atom is -0.462 e. The molecule has 0 aromatic rings. The second-order valence-corrected chi connectivity index (χ2v) is 12.7. The molecule has 0 heterocycles. The maximum Gasteiger partial charge on any atom is 0.460 e. The van der Waals surface area contributed by atoms with Crippen molar-refractivity contribution >= 4 is 5.97 Å². The quantitative estimate of drug-likeness (QED) is 0.0443. The van der Waals surface area contributed by atoms with Crippen molar-refractivity contribution in [1.82, 2.24) is 0 Å². The summed E-state index contributed by atoms with van der Waals surface area (Å²) in [6.45, 7) is -5.08. The Hall–Kier alpha value is -3.49. The first-order chi connectivity index (χ1) is 28.5. The van der Waals surface area contributed by atoms with Gasteiger partial charge in [0.15, 0.2) is 0 Å². The fraction of sp³-hybridized carbons (Fsp3) is 0.885. The zero-order chi connectivity index (χ0) is 55.1. The highest BCUT2D eigenvalue weighted by molar-refractivity contribution is 5.87. The van der Waals surface area contributed by atoms with Gasteiger partial charge < -0.3 is 9.47 Å². The van der Waals surface area contributed by atoms with Crippen molar-refractivity contribution in [3.8, 4) is 0 Å². The molecule has 0 radical (unpaired) electrons. The van der Waals surface area contributed by atoms with Gasteiger partial charge in [-0.15, -0.1) is 0 Å². The van der Waals surface area contributed by atoms with Crippen LogP contribution >= 0.6 is 0 Å². The Morgan fingerprint density at radius 1 is 0.299 bits per heavy atom. The van der Waals surface area contributed by atoms with E-state index in [0.29, 0.717) is 0 Å². The Labute approximate surface area is 340 Å². The molecule has 0 atom stereocenters. The molecule has 0 aliphatic rings. The van der Waals surface area contributed by atoms with Crippen molar-refractivity contribution in [3.63, 3.8) is 0 Å². The van der Waals surface area contributed by atoms with Gasteiger partial charge in [0, 0.05) is 6.42 Å². The number of carbonyl (C=O) groups is 1. The molecule has 0 N–H and O–H groups in total. The van der Waals surface area contributed by atoms with Gasteiger partial charge in [0.25, 0.3) is 0 Å². The maximum absolute atomic E-state index is 14.0. The molecule has 0 bridgehead atoms. The third-order valence-electron chi connectivity index (χ3n) is 8.14. The Morgan fingerprint density at radius 2 is 0.493 bits per heavy atom. The number of ether oxygens (including phenoxy) is 2. The minimum absolute atomic E-state index is 1.80. The summed E-state index contributed by atoms with van der Waals surface area (Å²) in [5.41, 5.74) is -1.80. The first kappa shape index (κ1) is 63.5. The SMILES string of the molecule is C=C(COCCC(F)(F)C(F)(F)C(F)(F)C(F)(F)C(F)(F)C(F)(F)C(F)(F)C(F)(F)C(F)(F)C(F)(F)F)C(=O)OCCC(F)(F)C(F)(F)C(F)(F)C(F)(F)C(F)(F)C(F)(F)C(F)(F)C(F)(F)F. The fourth-order valence-electron chi connectivity index (χ4n) is 3.93. The van der Waals surface area contributed by atoms with Crippen LogP contribution in [0.1, 0.15) is 12.8 Å². The summed E-state index contributed by atoms with van der Waals surface area (Å²) in [6, 6.07) is 0. The van der Waals surface area contributed by atoms with Crippen LogP contribution in [0.15, 0.2) is 12.2 Å². The molecule has 0 saturated heterocycles. The van der Waals surface area contributed by atoms with Crippen molar-refractivity contribution in [2.75, 3.05) is 19.8 Å². The lowest BCUT2D eigenvalue weighted by atomic mass is 9.86. The van der Waals surface area contributed by atoms with Gasteiger partial charge in [-0.2, -0.15) is 167 Å². The monoisotopic (exact) mass is 1090 g/mol. The van der Waals surface area contributed by atoms with Crippen LogP contribution in [0.25, 0.3) is 0 Å². The second-order valence-electron chi connectivity index (χ2n) is 12.7. The van der Waals surface area contributed by atoms with Crippen LogP contribution in [0.4, 0.5) is 167 Å². The Kier molecular flexibility index (Phi) is 16.2. The molecule has 0 fully saturated rings. The summed E-state index contributed by atoms with van der Waals surface area (Å²) < 4.78 is 516. The van der Waals surface area contributed by atoms with Gasteiger partial charge in [0.05, 0.1) is 31.8 Å². The highest BCUT2D eigenvalue weighted by Gasteiger charge is 2.98. The van der Waals surface area contributed by atoms with E-state index in [1.54, 1.807) is 0 Å². The topological polar surface area (TPSA) is 35.5 Å². The molecule has 67 heavy (non-hydrogen) atoms. The van der Waals surface area contributed by atoms with Gasteiger partial charge in [0.2, 0.25) is 0 Å². The lowest BCUT2D eigenvalue weighted by Gasteiger charge is -2.44. The maximum atomic E-state index is 14.0. The van der Waals surface area contributed by atoms with Crippen LogP contribution < -0.4 is 0 Å². The van der Waals surface area contributed by atoms with Gasteiger partial charge in [-0.05, 0) is 0 Å². The van der Waals surface area contributed by atoms with Crippen LogP contribution in [0.2, 0.25) is 0 Å². The number of hydrogen-bond acceptors (Lipinski definition) is 3. The molecule has 41 heteroatoms. The summed E-state index contributed by atoms with van der Waals surface area (Å²) in [7, 11) is 0. The molecule has 400 valence electrons. The largest absolute Gasteiger partial charge is 0.462 e. The number of alkyl halides is 38. The normalized spacial score (nSPS) is 16.4. The van der Waals surface area contributed by atoms with E-state index >= 15 is 0 Å². The van der Waals surface area contributed by atoms with E-state index in [1.807, 2.05) is 0 Å². The molecule has 0 aromatic carbocycles. The van der Waals surface area contributed by atoms with Crippen LogP contribution in [-0.2, 0) is 14.3 Å². The molecule has 0 aromatic heterocycles. The molecule has 0 aliphatic heterocycles. The number of hydrogen-bond donors (Lipinski definition) is 0. The highest BCUT2D eigenvalue weighted by atomic mass is 19.4. The Balaban J connectivity index is 6.16. The first-order valence-corrected chi connectivity index (χ1v) is 15.1. The van der Waals surface area contributed by atoms with E-state index in [1.165, 1.54) is 0 Å². The summed E-state index contributed by atoms with van der Waals surface area (Å²) in [5, 5.41) is 0. The lowest BCUT2D eigenvalue weighted by Crippen LogP contribution is -2.76. The number of rotatable bonds is 23. The van der Waals surface area contributed by atoms with Crippen LogP contribution in [0.5, 0.6) is 0 Å². The summed E-state index contributed by atoms with van der Waals surface area (Å²) >= 11 is 0. The van der Waals surface area contributed by atoms with E-state index in [2.05, 4.69) is 16.1 Å². The summed E-state index contributed by atoms with van der Waals surface area (Å²) in [4.78, 5) is 11.6. The smallest absolute Gasteiger partial charge is 0.460 e. The lowest BCUT2D eigenvalue weighted by molar-refractivity contribution is -0.474. The number of halogens is 38. The van der Waals surface area contributed by atoms with Crippen molar-refractivity contribution in [2.24, 2.45) is 0 Å². The predicted octanol–water partition coefficient (Wildman–Crippen LogP) is 13.2. The molecule has 0 amide bonds. The molecular weight excluding hydrogens is 1080 g/mol. The Bertz CT molecular complexity index is 1760. The van der Waals surface area contributed by atoms with Crippen molar-refractivity contribution < 1.29 is 181 Å². The van der Waals surface area contributed by atoms with E-state index < -0.39 is 151 Å². The predicted molar refractivity (Wildman–Crippen MR) is 131 cm³/mol. The first-order valence-electron chi connectivity index (χ1n) is 15.1. The van der Waals surface area contributed by atoms with Crippen LogP contribution in [-0.4, -0.2) is 133 Å². The third kappa shape index (κ3) is 9.00. The molecule has 0 saturated carbocycles. The van der Waals surface area contributed by atoms with Crippen molar-refractivity contribution in [2.45, 2.75) is 120 Å². The Morgan fingerprint density at radius 3 is 0.716 bits per heavy atom. The summed E-state index contributed by atoms with van der Waals surface area (Å²) in [5.74, 6) is -143. The van der Waals surface area contributed by atoms with E-state index in [-0.39, 0.29) is 0 Å².